The molecule has 1 amide bonds. The topological polar surface area (TPSA) is 46.6 Å². The summed E-state index contributed by atoms with van der Waals surface area (Å²) >= 11 is 0. The Morgan fingerprint density at radius 1 is 1.24 bits per heavy atom. The highest BCUT2D eigenvalue weighted by atomic mass is 16.5. The van der Waals surface area contributed by atoms with Gasteiger partial charge in [-0.3, -0.25) is 9.59 Å². The number of likely N-dealkylation sites (tertiary alicyclic amines) is 1. The molecule has 4 heteroatoms. The molecule has 0 bridgehead atoms. The summed E-state index contributed by atoms with van der Waals surface area (Å²) in [7, 11) is 0. The van der Waals surface area contributed by atoms with Crippen molar-refractivity contribution in [2.75, 3.05) is 6.73 Å². The van der Waals surface area contributed by atoms with Gasteiger partial charge in [0, 0.05) is 0 Å². The first kappa shape index (κ1) is 15.5. The van der Waals surface area contributed by atoms with Crippen LogP contribution < -0.4 is 0 Å². The molecule has 2 rings (SSSR count). The van der Waals surface area contributed by atoms with Crippen molar-refractivity contribution >= 4 is 11.9 Å². The normalized spacial score (nSPS) is 20.9. The molecule has 0 spiro atoms. The molecule has 1 aliphatic rings. The Bertz CT molecular complexity index is 543. The Morgan fingerprint density at radius 3 is 2.33 bits per heavy atom. The van der Waals surface area contributed by atoms with Gasteiger partial charge in [0.1, 0.15) is 0 Å². The van der Waals surface area contributed by atoms with Gasteiger partial charge in [0.15, 0.2) is 6.73 Å². The van der Waals surface area contributed by atoms with Gasteiger partial charge in [0.05, 0.1) is 16.9 Å². The standard InChI is InChI=1S/C17H23NO3/c1-16(2,3)15(20)21-11-18-13(17(4,5)14(18)19)12-9-7-6-8-10-12/h6-10,13H,11H2,1-5H3/t13-/m1/s1. The molecule has 0 saturated carbocycles. The summed E-state index contributed by atoms with van der Waals surface area (Å²) < 4.78 is 5.29. The van der Waals surface area contributed by atoms with Crippen LogP contribution in [0.2, 0.25) is 0 Å². The average molecular weight is 289 g/mol. The minimum absolute atomic E-state index is 0.0118. The first-order valence-electron chi connectivity index (χ1n) is 7.19. The number of amides is 1. The largest absolute Gasteiger partial charge is 0.444 e. The number of hydrogen-bond acceptors (Lipinski definition) is 3. The van der Waals surface area contributed by atoms with Crippen molar-refractivity contribution in [2.24, 2.45) is 10.8 Å². The lowest BCUT2D eigenvalue weighted by Crippen LogP contribution is -2.61. The molecule has 0 aliphatic carbocycles. The van der Waals surface area contributed by atoms with Crippen LogP contribution in [0.25, 0.3) is 0 Å². The first-order chi connectivity index (χ1) is 9.65. The van der Waals surface area contributed by atoms with Crippen LogP contribution in [0.3, 0.4) is 0 Å². The lowest BCUT2D eigenvalue weighted by molar-refractivity contribution is -0.187. The molecule has 4 nitrogen and oxygen atoms in total. The van der Waals surface area contributed by atoms with E-state index in [0.29, 0.717) is 0 Å². The van der Waals surface area contributed by atoms with E-state index in [1.165, 1.54) is 0 Å². The summed E-state index contributed by atoms with van der Waals surface area (Å²) in [5, 5.41) is 0. The van der Waals surface area contributed by atoms with Crippen molar-refractivity contribution in [1.82, 2.24) is 4.90 Å². The van der Waals surface area contributed by atoms with Crippen LogP contribution in [-0.2, 0) is 14.3 Å². The van der Waals surface area contributed by atoms with E-state index in [4.69, 9.17) is 4.74 Å². The van der Waals surface area contributed by atoms with Crippen LogP contribution >= 0.6 is 0 Å². The Balaban J connectivity index is 2.12. The lowest BCUT2D eigenvalue weighted by Gasteiger charge is -2.52. The molecular weight excluding hydrogens is 266 g/mol. The van der Waals surface area contributed by atoms with Gasteiger partial charge in [0.25, 0.3) is 0 Å². The fourth-order valence-corrected chi connectivity index (χ4v) is 2.64. The van der Waals surface area contributed by atoms with Crippen LogP contribution in [0.1, 0.15) is 46.2 Å². The molecule has 1 atom stereocenters. The maximum absolute atomic E-state index is 12.3. The maximum Gasteiger partial charge on any atom is 0.312 e. The number of carbonyl (C=O) groups excluding carboxylic acids is 2. The zero-order chi connectivity index (χ0) is 15.8. The van der Waals surface area contributed by atoms with Crippen LogP contribution in [0.15, 0.2) is 30.3 Å². The van der Waals surface area contributed by atoms with Crippen LogP contribution in [-0.4, -0.2) is 23.5 Å². The van der Waals surface area contributed by atoms with Crippen molar-refractivity contribution in [1.29, 1.82) is 0 Å². The molecule has 0 unspecified atom stereocenters. The van der Waals surface area contributed by atoms with E-state index in [1.54, 1.807) is 25.7 Å². The number of nitrogens with zero attached hydrogens (tertiary/aromatic N) is 1. The second-order valence-electron chi connectivity index (χ2n) is 7.12. The van der Waals surface area contributed by atoms with Crippen LogP contribution in [0.4, 0.5) is 0 Å². The van der Waals surface area contributed by atoms with E-state index in [0.717, 1.165) is 5.56 Å². The van der Waals surface area contributed by atoms with Gasteiger partial charge >= 0.3 is 5.97 Å². The highest BCUT2D eigenvalue weighted by molar-refractivity contribution is 5.90. The smallest absolute Gasteiger partial charge is 0.312 e. The van der Waals surface area contributed by atoms with Crippen molar-refractivity contribution in [3.63, 3.8) is 0 Å². The van der Waals surface area contributed by atoms with Gasteiger partial charge in [-0.05, 0) is 40.2 Å². The van der Waals surface area contributed by atoms with E-state index >= 15 is 0 Å². The molecular formula is C17H23NO3. The van der Waals surface area contributed by atoms with Gasteiger partial charge in [-0.15, -0.1) is 0 Å². The number of esters is 1. The fraction of sp³-hybridized carbons (Fsp3) is 0.529. The molecule has 21 heavy (non-hydrogen) atoms. The third-order valence-corrected chi connectivity index (χ3v) is 3.87. The minimum Gasteiger partial charge on any atom is -0.444 e. The van der Waals surface area contributed by atoms with Gasteiger partial charge in [-0.1, -0.05) is 30.3 Å². The van der Waals surface area contributed by atoms with Gasteiger partial charge in [-0.2, -0.15) is 0 Å². The SMILES string of the molecule is CC(C)(C)C(=O)OCN1C(=O)C(C)(C)[C@H]1c1ccccc1. The van der Waals surface area contributed by atoms with Crippen LogP contribution in [0, 0.1) is 10.8 Å². The number of β-lactam (4-membered cyclic amide) rings is 1. The number of hydrogen-bond donors (Lipinski definition) is 0. The van der Waals surface area contributed by atoms with Gasteiger partial charge in [0.2, 0.25) is 5.91 Å². The molecule has 1 fully saturated rings. The molecule has 1 aliphatic heterocycles. The number of carbonyl (C=O) groups is 2. The van der Waals surface area contributed by atoms with Crippen molar-refractivity contribution in [3.8, 4) is 0 Å². The molecule has 0 aromatic heterocycles. The summed E-state index contributed by atoms with van der Waals surface area (Å²) in [5.74, 6) is -0.287. The first-order valence-corrected chi connectivity index (χ1v) is 7.19. The second kappa shape index (κ2) is 5.17. The minimum atomic E-state index is -0.564. The maximum atomic E-state index is 12.3. The van der Waals surface area contributed by atoms with Crippen LogP contribution in [0.5, 0.6) is 0 Å². The van der Waals surface area contributed by atoms with E-state index in [2.05, 4.69) is 0 Å². The number of ether oxygens (including phenoxy) is 1. The molecule has 0 radical (unpaired) electrons. The Kier molecular flexibility index (Phi) is 3.83. The monoisotopic (exact) mass is 289 g/mol. The lowest BCUT2D eigenvalue weighted by atomic mass is 9.71. The quantitative estimate of drug-likeness (QED) is 0.634. The Morgan fingerprint density at radius 2 is 1.81 bits per heavy atom. The molecule has 1 saturated heterocycles. The van der Waals surface area contributed by atoms with Gasteiger partial charge in [-0.25, -0.2) is 0 Å². The predicted molar refractivity (Wildman–Crippen MR) is 80.2 cm³/mol. The molecule has 114 valence electrons. The molecule has 1 aromatic carbocycles. The van der Waals surface area contributed by atoms with E-state index in [9.17, 15) is 9.59 Å². The number of benzene rings is 1. The predicted octanol–water partition coefficient (Wildman–Crippen LogP) is 3.14. The summed E-state index contributed by atoms with van der Waals surface area (Å²) in [6.07, 6.45) is 0. The van der Waals surface area contributed by atoms with Crippen molar-refractivity contribution in [3.05, 3.63) is 35.9 Å². The highest BCUT2D eigenvalue weighted by Gasteiger charge is 2.55. The number of rotatable bonds is 3. The molecule has 0 N–H and O–H groups in total. The zero-order valence-electron chi connectivity index (χ0n) is 13.3. The Hall–Kier alpha value is -1.84. The zero-order valence-corrected chi connectivity index (χ0v) is 13.3. The Labute approximate surface area is 126 Å². The summed E-state index contributed by atoms with van der Waals surface area (Å²) in [4.78, 5) is 25.7. The van der Waals surface area contributed by atoms with E-state index < -0.39 is 10.8 Å². The van der Waals surface area contributed by atoms with E-state index in [-0.39, 0.29) is 24.6 Å². The summed E-state index contributed by atoms with van der Waals surface area (Å²) in [5.41, 5.74) is 0.0372. The molecule has 1 aromatic rings. The second-order valence-corrected chi connectivity index (χ2v) is 7.12. The average Bonchev–Trinajstić information content (AvgIpc) is 2.41. The van der Waals surface area contributed by atoms with E-state index in [1.807, 2.05) is 44.2 Å². The third kappa shape index (κ3) is 2.80. The van der Waals surface area contributed by atoms with Gasteiger partial charge < -0.3 is 9.64 Å². The summed E-state index contributed by atoms with van der Waals surface area (Å²) in [6, 6.07) is 9.79. The van der Waals surface area contributed by atoms with Crippen molar-refractivity contribution in [2.45, 2.75) is 40.7 Å². The van der Waals surface area contributed by atoms with Crippen molar-refractivity contribution < 1.29 is 14.3 Å². The molecule has 1 heterocycles. The fourth-order valence-electron chi connectivity index (χ4n) is 2.64. The summed E-state index contributed by atoms with van der Waals surface area (Å²) in [6.45, 7) is 9.26. The third-order valence-electron chi connectivity index (χ3n) is 3.87. The highest BCUT2D eigenvalue weighted by Crippen LogP contribution is 2.49.